The molecular formula is C15H12FN5O2. The fraction of sp³-hybridized carbons (Fsp3) is 0. The van der Waals surface area contributed by atoms with E-state index < -0.39 is 11.9 Å². The van der Waals surface area contributed by atoms with E-state index in [2.05, 4.69) is 15.0 Å². The third-order valence-electron chi connectivity index (χ3n) is 3.09. The summed E-state index contributed by atoms with van der Waals surface area (Å²) in [4.78, 5) is 21.9. The molecule has 5 N–H and O–H groups in total. The first-order chi connectivity index (χ1) is 11.0. The van der Waals surface area contributed by atoms with Gasteiger partial charge in [-0.1, -0.05) is 12.1 Å². The van der Waals surface area contributed by atoms with Crippen molar-refractivity contribution >= 4 is 12.0 Å². The van der Waals surface area contributed by atoms with E-state index in [1.807, 2.05) is 0 Å². The van der Waals surface area contributed by atoms with Crippen LogP contribution >= 0.6 is 0 Å². The number of nitrogens with two attached hydrogens (primary N) is 2. The summed E-state index contributed by atoms with van der Waals surface area (Å²) in [7, 11) is 0. The molecule has 0 unspecified atom stereocenters. The van der Waals surface area contributed by atoms with Crippen molar-refractivity contribution in [1.82, 2.24) is 15.0 Å². The minimum atomic E-state index is -1.00. The molecule has 1 aromatic carbocycles. The monoisotopic (exact) mass is 313 g/mol. The van der Waals surface area contributed by atoms with E-state index in [0.29, 0.717) is 11.4 Å². The topological polar surface area (TPSA) is 120 Å². The Morgan fingerprint density at radius 3 is 2.74 bits per heavy atom. The van der Waals surface area contributed by atoms with Crippen molar-refractivity contribution in [3.8, 4) is 28.4 Å². The molecular weight excluding hydrogens is 301 g/mol. The van der Waals surface area contributed by atoms with Crippen LogP contribution in [0.25, 0.3) is 22.6 Å². The number of carbonyl (C=O) groups is 1. The number of nitrogen functional groups attached to an aromatic ring is 1. The average Bonchev–Trinajstić information content (AvgIpc) is 2.91. The number of carbonyl (C=O) groups excluding carboxylic acids is 1. The number of aromatic nitrogens is 3. The Morgan fingerprint density at radius 1 is 1.26 bits per heavy atom. The molecule has 0 bridgehead atoms. The van der Waals surface area contributed by atoms with Crippen LogP contribution in [0.1, 0.15) is 0 Å². The van der Waals surface area contributed by atoms with E-state index in [1.54, 1.807) is 24.3 Å². The Bertz CT molecular complexity index is 878. The van der Waals surface area contributed by atoms with Crippen LogP contribution in [0, 0.1) is 5.82 Å². The minimum Gasteiger partial charge on any atom is -0.408 e. The second kappa shape index (κ2) is 5.76. The lowest BCUT2D eigenvalue weighted by Crippen LogP contribution is -2.16. The number of nitrogens with one attached hydrogen (secondary N) is 1. The van der Waals surface area contributed by atoms with Crippen LogP contribution in [0.5, 0.6) is 5.75 Å². The van der Waals surface area contributed by atoms with Gasteiger partial charge in [-0.25, -0.2) is 19.2 Å². The summed E-state index contributed by atoms with van der Waals surface area (Å²) >= 11 is 0. The molecule has 1 amide bonds. The normalized spacial score (nSPS) is 10.5. The largest absolute Gasteiger partial charge is 0.410 e. The molecule has 0 aliphatic rings. The lowest BCUT2D eigenvalue weighted by molar-refractivity contribution is 0.211. The number of benzene rings is 1. The standard InChI is InChI=1S/C15H12FN5O2/c16-9-4-2-1-3-8(9)13-12(23-15(18)22)7-11(20-13)10-5-6-19-14(17)21-10/h1-7,20H,(H2,18,22)(H2,17,19,21). The van der Waals surface area contributed by atoms with Crippen LogP contribution in [-0.2, 0) is 0 Å². The molecule has 3 aromatic rings. The number of hydrogen-bond acceptors (Lipinski definition) is 5. The van der Waals surface area contributed by atoms with Crippen LogP contribution in [0.2, 0.25) is 0 Å². The van der Waals surface area contributed by atoms with E-state index in [4.69, 9.17) is 16.2 Å². The number of anilines is 1. The second-order valence-corrected chi connectivity index (χ2v) is 4.62. The molecule has 23 heavy (non-hydrogen) atoms. The second-order valence-electron chi connectivity index (χ2n) is 4.62. The molecule has 0 saturated carbocycles. The Labute approximate surface area is 130 Å². The highest BCUT2D eigenvalue weighted by Crippen LogP contribution is 2.35. The number of H-pyrrole nitrogens is 1. The van der Waals surface area contributed by atoms with Crippen molar-refractivity contribution in [2.24, 2.45) is 5.73 Å². The van der Waals surface area contributed by atoms with Crippen molar-refractivity contribution in [3.05, 3.63) is 48.4 Å². The maximum Gasteiger partial charge on any atom is 0.410 e. The Hall–Kier alpha value is -3.42. The first-order valence-electron chi connectivity index (χ1n) is 6.58. The number of ether oxygens (including phenoxy) is 1. The average molecular weight is 313 g/mol. The predicted molar refractivity (Wildman–Crippen MR) is 81.8 cm³/mol. The summed E-state index contributed by atoms with van der Waals surface area (Å²) in [6.45, 7) is 0. The zero-order valence-corrected chi connectivity index (χ0v) is 11.8. The van der Waals surface area contributed by atoms with Crippen molar-refractivity contribution in [2.45, 2.75) is 0 Å². The number of amides is 1. The molecule has 0 spiro atoms. The summed E-state index contributed by atoms with van der Waals surface area (Å²) in [6.07, 6.45) is 0.478. The van der Waals surface area contributed by atoms with E-state index >= 15 is 0 Å². The fourth-order valence-electron chi connectivity index (χ4n) is 2.15. The lowest BCUT2D eigenvalue weighted by Gasteiger charge is -2.04. The Kier molecular flexibility index (Phi) is 3.63. The maximum absolute atomic E-state index is 14.0. The highest BCUT2D eigenvalue weighted by molar-refractivity contribution is 5.78. The predicted octanol–water partition coefficient (Wildman–Crippen LogP) is 2.32. The molecule has 0 saturated heterocycles. The van der Waals surface area contributed by atoms with E-state index in [1.165, 1.54) is 18.3 Å². The first kappa shape index (κ1) is 14.5. The van der Waals surface area contributed by atoms with Gasteiger partial charge in [-0.05, 0) is 18.2 Å². The smallest absolute Gasteiger partial charge is 0.408 e. The van der Waals surface area contributed by atoms with Gasteiger partial charge in [0.1, 0.15) is 5.82 Å². The number of rotatable bonds is 3. The van der Waals surface area contributed by atoms with Gasteiger partial charge in [-0.2, -0.15) is 0 Å². The minimum absolute atomic E-state index is 0.0851. The van der Waals surface area contributed by atoms with Crippen LogP contribution in [0.15, 0.2) is 42.6 Å². The van der Waals surface area contributed by atoms with Crippen molar-refractivity contribution in [1.29, 1.82) is 0 Å². The third-order valence-corrected chi connectivity index (χ3v) is 3.09. The van der Waals surface area contributed by atoms with Crippen LogP contribution in [0.3, 0.4) is 0 Å². The maximum atomic E-state index is 14.0. The molecule has 8 heteroatoms. The summed E-state index contributed by atoms with van der Waals surface area (Å²) in [6, 6.07) is 9.17. The third kappa shape index (κ3) is 2.95. The molecule has 2 heterocycles. The van der Waals surface area contributed by atoms with Crippen LogP contribution in [-0.4, -0.2) is 21.0 Å². The van der Waals surface area contributed by atoms with Gasteiger partial charge in [0.15, 0.2) is 5.75 Å². The highest BCUT2D eigenvalue weighted by Gasteiger charge is 2.18. The summed E-state index contributed by atoms with van der Waals surface area (Å²) in [5.41, 5.74) is 12.1. The molecule has 7 nitrogen and oxygen atoms in total. The number of aromatic amines is 1. The molecule has 3 rings (SSSR count). The van der Waals surface area contributed by atoms with Gasteiger partial charge in [0, 0.05) is 17.8 Å². The number of nitrogens with zero attached hydrogens (tertiary/aromatic N) is 2. The molecule has 0 radical (unpaired) electrons. The molecule has 0 aliphatic heterocycles. The van der Waals surface area contributed by atoms with Crippen LogP contribution < -0.4 is 16.2 Å². The Balaban J connectivity index is 2.15. The number of halogens is 1. The summed E-state index contributed by atoms with van der Waals surface area (Å²) < 4.78 is 19.0. The van der Waals surface area contributed by atoms with Gasteiger partial charge in [-0.15, -0.1) is 0 Å². The molecule has 0 atom stereocenters. The lowest BCUT2D eigenvalue weighted by atomic mass is 10.1. The quantitative estimate of drug-likeness (QED) is 0.685. The molecule has 2 aromatic heterocycles. The van der Waals surface area contributed by atoms with Gasteiger partial charge < -0.3 is 21.2 Å². The SMILES string of the molecule is NC(=O)Oc1cc(-c2ccnc(N)n2)[nH]c1-c1ccccc1F. The van der Waals surface area contributed by atoms with Gasteiger partial charge in [-0.3, -0.25) is 0 Å². The summed E-state index contributed by atoms with van der Waals surface area (Å²) in [5.74, 6) is -0.297. The Morgan fingerprint density at radius 2 is 2.04 bits per heavy atom. The summed E-state index contributed by atoms with van der Waals surface area (Å²) in [5, 5.41) is 0. The zero-order chi connectivity index (χ0) is 16.4. The van der Waals surface area contributed by atoms with Gasteiger partial charge in [0.2, 0.25) is 5.95 Å². The number of hydrogen-bond donors (Lipinski definition) is 3. The van der Waals surface area contributed by atoms with Crippen molar-refractivity contribution in [3.63, 3.8) is 0 Å². The highest BCUT2D eigenvalue weighted by atomic mass is 19.1. The number of primary amides is 1. The fourth-order valence-corrected chi connectivity index (χ4v) is 2.15. The van der Waals surface area contributed by atoms with Gasteiger partial charge in [0.25, 0.3) is 0 Å². The first-order valence-corrected chi connectivity index (χ1v) is 6.58. The van der Waals surface area contributed by atoms with Gasteiger partial charge >= 0.3 is 6.09 Å². The van der Waals surface area contributed by atoms with Crippen LogP contribution in [0.4, 0.5) is 15.1 Å². The van der Waals surface area contributed by atoms with Crippen molar-refractivity contribution in [2.75, 3.05) is 5.73 Å². The molecule has 116 valence electrons. The molecule has 0 aliphatic carbocycles. The van der Waals surface area contributed by atoms with E-state index in [9.17, 15) is 9.18 Å². The van der Waals surface area contributed by atoms with E-state index in [0.717, 1.165) is 0 Å². The van der Waals surface area contributed by atoms with Gasteiger partial charge in [0.05, 0.1) is 17.1 Å². The van der Waals surface area contributed by atoms with Crippen molar-refractivity contribution < 1.29 is 13.9 Å². The van der Waals surface area contributed by atoms with E-state index in [-0.39, 0.29) is 23.0 Å². The zero-order valence-electron chi connectivity index (χ0n) is 11.8. The molecule has 0 fully saturated rings.